The van der Waals surface area contributed by atoms with Crippen molar-refractivity contribution in [3.05, 3.63) is 74.3 Å². The Bertz CT molecular complexity index is 707. The summed E-state index contributed by atoms with van der Waals surface area (Å²) in [4.78, 5) is 39.4. The molecule has 0 radical (unpaired) electrons. The summed E-state index contributed by atoms with van der Waals surface area (Å²) in [6, 6.07) is 9.94. The Balaban J connectivity index is 0.000000240. The van der Waals surface area contributed by atoms with Crippen molar-refractivity contribution in [2.75, 3.05) is 0 Å². The SMILES string of the molecule is O=C(O)c1ccc([N+](=O)[O-])cc1.O=COc1ccc([N+](=O)[O-])cc1. The van der Waals surface area contributed by atoms with Crippen LogP contribution in [0.1, 0.15) is 10.4 Å². The zero-order valence-corrected chi connectivity index (χ0v) is 11.9. The van der Waals surface area contributed by atoms with Crippen molar-refractivity contribution in [3.63, 3.8) is 0 Å². The van der Waals surface area contributed by atoms with E-state index in [0.29, 0.717) is 0 Å². The van der Waals surface area contributed by atoms with Crippen molar-refractivity contribution in [3.8, 4) is 5.75 Å². The molecule has 2 rings (SSSR count). The number of carbonyl (C=O) groups is 2. The highest BCUT2D eigenvalue weighted by Crippen LogP contribution is 2.16. The van der Waals surface area contributed by atoms with E-state index in [0.717, 1.165) is 12.1 Å². The van der Waals surface area contributed by atoms with E-state index in [9.17, 15) is 29.8 Å². The van der Waals surface area contributed by atoms with E-state index in [1.807, 2.05) is 0 Å². The van der Waals surface area contributed by atoms with Gasteiger partial charge in [-0.3, -0.25) is 25.0 Å². The minimum Gasteiger partial charge on any atom is -0.478 e. The van der Waals surface area contributed by atoms with Crippen LogP contribution in [0, 0.1) is 20.2 Å². The van der Waals surface area contributed by atoms with Gasteiger partial charge in [-0.15, -0.1) is 0 Å². The van der Waals surface area contributed by atoms with Gasteiger partial charge in [0.1, 0.15) is 5.75 Å². The highest BCUT2D eigenvalue weighted by molar-refractivity contribution is 5.87. The molecule has 0 aliphatic carbocycles. The summed E-state index contributed by atoms with van der Waals surface area (Å²) < 4.78 is 4.44. The molecular weight excluding hydrogens is 324 g/mol. The summed E-state index contributed by atoms with van der Waals surface area (Å²) in [6.45, 7) is 0.265. The first-order chi connectivity index (χ1) is 11.3. The summed E-state index contributed by atoms with van der Waals surface area (Å²) >= 11 is 0. The molecule has 0 aromatic heterocycles. The Labute approximate surface area is 134 Å². The fraction of sp³-hybridized carbons (Fsp3) is 0. The van der Waals surface area contributed by atoms with Crippen LogP contribution in [0.2, 0.25) is 0 Å². The van der Waals surface area contributed by atoms with Gasteiger partial charge >= 0.3 is 5.97 Å². The summed E-state index contributed by atoms with van der Waals surface area (Å²) in [5, 5.41) is 28.7. The van der Waals surface area contributed by atoms with Crippen molar-refractivity contribution in [1.82, 2.24) is 0 Å². The second-order valence-corrected chi connectivity index (χ2v) is 4.07. The van der Waals surface area contributed by atoms with Gasteiger partial charge in [0.25, 0.3) is 17.8 Å². The number of carboxylic acid groups (broad SMARTS) is 1. The van der Waals surface area contributed by atoms with Crippen LogP contribution < -0.4 is 4.74 Å². The van der Waals surface area contributed by atoms with Crippen LogP contribution in [0.15, 0.2) is 48.5 Å². The van der Waals surface area contributed by atoms with E-state index in [1.165, 1.54) is 36.4 Å². The number of carboxylic acids is 1. The number of hydrogen-bond donors (Lipinski definition) is 1. The Kier molecular flexibility index (Phi) is 6.52. The van der Waals surface area contributed by atoms with Gasteiger partial charge < -0.3 is 9.84 Å². The molecule has 2 aromatic rings. The van der Waals surface area contributed by atoms with Crippen LogP contribution in [0.3, 0.4) is 0 Å². The maximum absolute atomic E-state index is 10.3. The largest absolute Gasteiger partial charge is 0.478 e. The molecule has 0 fully saturated rings. The molecule has 0 saturated heterocycles. The number of ether oxygens (including phenoxy) is 1. The molecule has 2 aromatic carbocycles. The molecule has 1 N–H and O–H groups in total. The van der Waals surface area contributed by atoms with Gasteiger partial charge in [0.2, 0.25) is 0 Å². The monoisotopic (exact) mass is 334 g/mol. The number of hydrogen-bond acceptors (Lipinski definition) is 7. The van der Waals surface area contributed by atoms with Gasteiger partial charge in [-0.05, 0) is 24.3 Å². The van der Waals surface area contributed by atoms with E-state index >= 15 is 0 Å². The minimum atomic E-state index is -1.09. The lowest BCUT2D eigenvalue weighted by molar-refractivity contribution is -0.385. The number of nitro groups is 2. The smallest absolute Gasteiger partial charge is 0.335 e. The lowest BCUT2D eigenvalue weighted by atomic mass is 10.2. The van der Waals surface area contributed by atoms with Crippen LogP contribution in [0.5, 0.6) is 5.75 Å². The van der Waals surface area contributed by atoms with Gasteiger partial charge in [0.05, 0.1) is 15.4 Å². The van der Waals surface area contributed by atoms with Crippen LogP contribution in [0.4, 0.5) is 11.4 Å². The van der Waals surface area contributed by atoms with Gasteiger partial charge in [0, 0.05) is 24.3 Å². The Morgan fingerprint density at radius 2 is 1.33 bits per heavy atom. The fourth-order valence-electron chi connectivity index (χ4n) is 1.43. The second kappa shape index (κ2) is 8.58. The predicted octanol–water partition coefficient (Wildman–Crippen LogP) is 2.42. The Morgan fingerprint density at radius 3 is 1.67 bits per heavy atom. The standard InChI is InChI=1S/2C7H5NO4/c9-5-12-7-3-1-6(2-4-7)8(10)11;9-7(10)5-1-3-6(4-2-5)8(11)12/h1-5H;1-4H,(H,9,10). The number of rotatable bonds is 5. The summed E-state index contributed by atoms with van der Waals surface area (Å²) in [5.74, 6) is -0.805. The average molecular weight is 334 g/mol. The van der Waals surface area contributed by atoms with Crippen molar-refractivity contribution in [2.24, 2.45) is 0 Å². The average Bonchev–Trinajstić information content (AvgIpc) is 2.56. The van der Waals surface area contributed by atoms with Crippen molar-refractivity contribution in [2.45, 2.75) is 0 Å². The molecule has 0 aliphatic rings. The lowest BCUT2D eigenvalue weighted by Crippen LogP contribution is -1.96. The third-order valence-corrected chi connectivity index (χ3v) is 2.56. The molecule has 0 atom stereocenters. The van der Waals surface area contributed by atoms with E-state index in [2.05, 4.69) is 4.74 Å². The molecule has 0 aliphatic heterocycles. The molecular formula is C14H10N2O8. The predicted molar refractivity (Wildman–Crippen MR) is 79.8 cm³/mol. The molecule has 0 saturated carbocycles. The van der Waals surface area contributed by atoms with Crippen LogP contribution in [-0.2, 0) is 4.79 Å². The number of benzene rings is 2. The van der Waals surface area contributed by atoms with Crippen LogP contribution in [0.25, 0.3) is 0 Å². The Hall–Kier alpha value is -3.82. The molecule has 0 unspecified atom stereocenters. The molecule has 0 bridgehead atoms. The summed E-state index contributed by atoms with van der Waals surface area (Å²) in [7, 11) is 0. The van der Waals surface area contributed by atoms with Gasteiger partial charge in [-0.25, -0.2) is 4.79 Å². The highest BCUT2D eigenvalue weighted by Gasteiger charge is 2.07. The highest BCUT2D eigenvalue weighted by atomic mass is 16.6. The van der Waals surface area contributed by atoms with Crippen LogP contribution >= 0.6 is 0 Å². The zero-order chi connectivity index (χ0) is 18.1. The third-order valence-electron chi connectivity index (χ3n) is 2.56. The maximum atomic E-state index is 10.3. The fourth-order valence-corrected chi connectivity index (χ4v) is 1.43. The summed E-state index contributed by atoms with van der Waals surface area (Å²) in [5.41, 5.74) is -0.103. The third kappa shape index (κ3) is 5.52. The van der Waals surface area contributed by atoms with E-state index in [1.54, 1.807) is 0 Å². The number of nitro benzene ring substituents is 2. The Morgan fingerprint density at radius 1 is 0.917 bits per heavy atom. The number of aromatic carboxylic acids is 1. The van der Waals surface area contributed by atoms with Crippen molar-refractivity contribution >= 4 is 23.8 Å². The first kappa shape index (κ1) is 18.2. The van der Waals surface area contributed by atoms with E-state index in [-0.39, 0.29) is 29.2 Å². The number of nitrogens with zero attached hydrogens (tertiary/aromatic N) is 2. The topological polar surface area (TPSA) is 150 Å². The van der Waals surface area contributed by atoms with Crippen molar-refractivity contribution in [1.29, 1.82) is 0 Å². The molecule has 124 valence electrons. The second-order valence-electron chi connectivity index (χ2n) is 4.07. The molecule has 0 spiro atoms. The molecule has 0 amide bonds. The molecule has 10 nitrogen and oxygen atoms in total. The summed E-state index contributed by atoms with van der Waals surface area (Å²) in [6.07, 6.45) is 0. The normalized spacial score (nSPS) is 9.17. The van der Waals surface area contributed by atoms with Crippen molar-refractivity contribution < 1.29 is 29.3 Å². The molecule has 10 heteroatoms. The minimum absolute atomic E-state index is 0.0340. The molecule has 24 heavy (non-hydrogen) atoms. The first-order valence-corrected chi connectivity index (χ1v) is 6.17. The number of carbonyl (C=O) groups excluding carboxylic acids is 1. The van der Waals surface area contributed by atoms with E-state index in [4.69, 9.17) is 5.11 Å². The van der Waals surface area contributed by atoms with Gasteiger partial charge in [0.15, 0.2) is 0 Å². The van der Waals surface area contributed by atoms with Gasteiger partial charge in [-0.1, -0.05) is 0 Å². The van der Waals surface area contributed by atoms with Crippen LogP contribution in [-0.4, -0.2) is 27.4 Å². The number of non-ortho nitro benzene ring substituents is 2. The van der Waals surface area contributed by atoms with Gasteiger partial charge in [-0.2, -0.15) is 0 Å². The lowest BCUT2D eigenvalue weighted by Gasteiger charge is -1.94. The van der Waals surface area contributed by atoms with E-state index < -0.39 is 15.8 Å². The maximum Gasteiger partial charge on any atom is 0.335 e. The molecule has 0 heterocycles. The quantitative estimate of drug-likeness (QED) is 0.497. The zero-order valence-electron chi connectivity index (χ0n) is 11.9. The first-order valence-electron chi connectivity index (χ1n) is 6.17.